The van der Waals surface area contributed by atoms with Gasteiger partial charge in [0.2, 0.25) is 5.88 Å². The van der Waals surface area contributed by atoms with Crippen molar-refractivity contribution in [2.24, 2.45) is 4.99 Å². The molecule has 1 saturated carbocycles. The summed E-state index contributed by atoms with van der Waals surface area (Å²) in [5.74, 6) is -1.45. The number of anilines is 1. The molecule has 3 aromatic heterocycles. The van der Waals surface area contributed by atoms with Gasteiger partial charge in [-0.3, -0.25) is 14.8 Å². The highest BCUT2D eigenvalue weighted by Crippen LogP contribution is 2.22. The lowest BCUT2D eigenvalue weighted by Gasteiger charge is -2.06. The second-order valence-corrected chi connectivity index (χ2v) is 7.11. The standard InChI is InChI=1S/C20H16FN7O3/c21-13-4-2-1-3-12(13)18(29)26-15-8-16(23-11-5-6-11)28-17(25-15)10(9-22-28)7-14-19(30)27-20(31)24-14/h1-4,7-9,11,30H,5-6H2,(H,26,29)(H2,24,27,31)/b10-7+,23-16?. The fourth-order valence-corrected chi connectivity index (χ4v) is 3.09. The Labute approximate surface area is 172 Å². The lowest BCUT2D eigenvalue weighted by Crippen LogP contribution is -2.22. The van der Waals surface area contributed by atoms with E-state index in [1.165, 1.54) is 35.0 Å². The van der Waals surface area contributed by atoms with Crippen molar-refractivity contribution in [3.05, 3.63) is 74.8 Å². The number of hydrogen-bond donors (Lipinski definition) is 4. The molecule has 0 atom stereocenters. The van der Waals surface area contributed by atoms with E-state index in [9.17, 15) is 19.1 Å². The lowest BCUT2D eigenvalue weighted by molar-refractivity contribution is 0.102. The van der Waals surface area contributed by atoms with Crippen LogP contribution in [0.4, 0.5) is 10.2 Å². The van der Waals surface area contributed by atoms with Crippen LogP contribution in [0.2, 0.25) is 0 Å². The highest BCUT2D eigenvalue weighted by molar-refractivity contribution is 6.04. The van der Waals surface area contributed by atoms with Gasteiger partial charge in [-0.25, -0.2) is 14.2 Å². The van der Waals surface area contributed by atoms with Crippen LogP contribution in [0.5, 0.6) is 5.88 Å². The van der Waals surface area contributed by atoms with Gasteiger partial charge in [-0.15, -0.1) is 0 Å². The number of halogens is 1. The zero-order valence-corrected chi connectivity index (χ0v) is 16.0. The number of nitrogens with zero attached hydrogens (tertiary/aromatic N) is 4. The quantitative estimate of drug-likeness (QED) is 0.379. The number of rotatable bonds is 4. The van der Waals surface area contributed by atoms with E-state index in [2.05, 4.69) is 30.4 Å². The number of H-pyrrole nitrogens is 2. The van der Waals surface area contributed by atoms with Gasteiger partial charge in [-0.2, -0.15) is 9.61 Å². The van der Waals surface area contributed by atoms with Gasteiger partial charge >= 0.3 is 5.69 Å². The summed E-state index contributed by atoms with van der Waals surface area (Å²) in [6.07, 6.45) is 4.91. The fraction of sp³-hybridized carbons (Fsp3) is 0.150. The first-order chi connectivity index (χ1) is 15.0. The number of aromatic amines is 2. The molecule has 4 N–H and O–H groups in total. The Morgan fingerprint density at radius 3 is 2.84 bits per heavy atom. The van der Waals surface area contributed by atoms with Crippen molar-refractivity contribution < 1.29 is 14.3 Å². The number of hydrogen-bond acceptors (Lipinski definition) is 6. The molecular formula is C20H16FN7O3. The molecule has 1 aliphatic rings. The predicted molar refractivity (Wildman–Crippen MR) is 108 cm³/mol. The number of fused-ring (bicyclic) bond motifs is 1. The predicted octanol–water partition coefficient (Wildman–Crippen LogP) is 0.453. The minimum atomic E-state index is -0.648. The molecule has 0 bridgehead atoms. The molecule has 4 aromatic rings. The maximum atomic E-state index is 14.0. The molecule has 31 heavy (non-hydrogen) atoms. The number of imidazole rings is 1. The second-order valence-electron chi connectivity index (χ2n) is 7.11. The van der Waals surface area contributed by atoms with Gasteiger partial charge < -0.3 is 15.4 Å². The molecule has 1 aromatic carbocycles. The van der Waals surface area contributed by atoms with Crippen molar-refractivity contribution in [1.29, 1.82) is 0 Å². The van der Waals surface area contributed by atoms with Crippen LogP contribution in [0.25, 0.3) is 11.7 Å². The normalized spacial score (nSPS) is 15.0. The van der Waals surface area contributed by atoms with E-state index >= 15 is 0 Å². The first kappa shape index (κ1) is 18.7. The van der Waals surface area contributed by atoms with Gasteiger partial charge in [0.1, 0.15) is 17.3 Å². The fourth-order valence-electron chi connectivity index (χ4n) is 3.09. The Hall–Kier alpha value is -4.28. The van der Waals surface area contributed by atoms with E-state index in [1.54, 1.807) is 12.1 Å². The van der Waals surface area contributed by atoms with Crippen molar-refractivity contribution in [1.82, 2.24) is 24.6 Å². The summed E-state index contributed by atoms with van der Waals surface area (Å²) < 4.78 is 15.5. The van der Waals surface area contributed by atoms with Crippen LogP contribution < -0.4 is 21.7 Å². The number of carbonyl (C=O) groups is 1. The number of benzene rings is 1. The van der Waals surface area contributed by atoms with Crippen molar-refractivity contribution >= 4 is 23.4 Å². The lowest BCUT2D eigenvalue weighted by atomic mass is 10.2. The molecule has 5 rings (SSSR count). The average molecular weight is 421 g/mol. The van der Waals surface area contributed by atoms with Crippen LogP contribution in [0.15, 0.2) is 46.3 Å². The summed E-state index contributed by atoms with van der Waals surface area (Å²) >= 11 is 0. The van der Waals surface area contributed by atoms with Crippen LogP contribution in [-0.2, 0) is 0 Å². The topological polar surface area (TPSA) is 141 Å². The smallest absolute Gasteiger partial charge is 0.326 e. The first-order valence-electron chi connectivity index (χ1n) is 9.49. The summed E-state index contributed by atoms with van der Waals surface area (Å²) in [6.45, 7) is 0. The molecule has 0 aliphatic heterocycles. The Morgan fingerprint density at radius 2 is 2.13 bits per heavy atom. The zero-order valence-electron chi connectivity index (χ0n) is 16.0. The SMILES string of the molecule is O=C(Nc1cc(=NC2CC2)n2nc/c(=C\c3[nH]c(=O)[nH]c3O)c2n1)c1ccccc1F. The molecule has 0 radical (unpaired) electrons. The van der Waals surface area contributed by atoms with Gasteiger partial charge in [0.15, 0.2) is 11.1 Å². The minimum absolute atomic E-state index is 0.111. The summed E-state index contributed by atoms with van der Waals surface area (Å²) in [4.78, 5) is 37.7. The Morgan fingerprint density at radius 1 is 1.32 bits per heavy atom. The van der Waals surface area contributed by atoms with E-state index in [0.29, 0.717) is 16.4 Å². The van der Waals surface area contributed by atoms with Crippen LogP contribution in [0, 0.1) is 5.82 Å². The molecule has 0 saturated heterocycles. The summed E-state index contributed by atoms with van der Waals surface area (Å²) in [5.41, 5.74) is 0.300. The van der Waals surface area contributed by atoms with Gasteiger partial charge in [0.25, 0.3) is 5.91 Å². The third-order valence-electron chi connectivity index (χ3n) is 4.74. The van der Waals surface area contributed by atoms with E-state index in [1.807, 2.05) is 0 Å². The highest BCUT2D eigenvalue weighted by atomic mass is 19.1. The van der Waals surface area contributed by atoms with E-state index in [4.69, 9.17) is 0 Å². The molecule has 10 nitrogen and oxygen atoms in total. The number of carbonyl (C=O) groups excluding carboxylic acids is 1. The molecule has 0 unspecified atom stereocenters. The molecular weight excluding hydrogens is 405 g/mol. The minimum Gasteiger partial charge on any atom is -0.493 e. The average Bonchev–Trinajstić information content (AvgIpc) is 3.37. The van der Waals surface area contributed by atoms with Gasteiger partial charge in [0, 0.05) is 11.3 Å². The molecule has 3 heterocycles. The van der Waals surface area contributed by atoms with E-state index < -0.39 is 17.4 Å². The Kier molecular flexibility index (Phi) is 4.35. The van der Waals surface area contributed by atoms with Crippen LogP contribution in [0.3, 0.4) is 0 Å². The van der Waals surface area contributed by atoms with Crippen LogP contribution >= 0.6 is 0 Å². The molecule has 156 valence electrons. The number of amides is 1. The Bertz CT molecular complexity index is 1500. The number of nitrogens with one attached hydrogen (secondary N) is 3. The largest absolute Gasteiger partial charge is 0.493 e. The van der Waals surface area contributed by atoms with Crippen molar-refractivity contribution in [2.75, 3.05) is 5.32 Å². The monoisotopic (exact) mass is 421 g/mol. The maximum Gasteiger partial charge on any atom is 0.326 e. The first-order valence-corrected chi connectivity index (χ1v) is 9.49. The van der Waals surface area contributed by atoms with Gasteiger partial charge in [0.05, 0.1) is 17.8 Å². The van der Waals surface area contributed by atoms with Gasteiger partial charge in [-0.05, 0) is 31.1 Å². The summed E-state index contributed by atoms with van der Waals surface area (Å²) in [7, 11) is 0. The number of aromatic nitrogens is 5. The van der Waals surface area contributed by atoms with Crippen molar-refractivity contribution in [3.63, 3.8) is 0 Å². The van der Waals surface area contributed by atoms with Gasteiger partial charge in [-0.1, -0.05) is 12.1 Å². The van der Waals surface area contributed by atoms with E-state index in [-0.39, 0.29) is 29.0 Å². The Balaban J connectivity index is 1.64. The molecule has 0 spiro atoms. The van der Waals surface area contributed by atoms with Crippen LogP contribution in [0.1, 0.15) is 28.9 Å². The third kappa shape index (κ3) is 3.68. The zero-order chi connectivity index (χ0) is 21.5. The molecule has 11 heteroatoms. The molecule has 1 aliphatic carbocycles. The summed E-state index contributed by atoms with van der Waals surface area (Å²) in [5, 5.41) is 17.2. The number of aromatic hydroxyl groups is 1. The van der Waals surface area contributed by atoms with E-state index in [0.717, 1.165) is 12.8 Å². The van der Waals surface area contributed by atoms with Crippen molar-refractivity contribution in [2.45, 2.75) is 18.9 Å². The second kappa shape index (κ2) is 7.20. The van der Waals surface area contributed by atoms with Crippen LogP contribution in [-0.4, -0.2) is 41.6 Å². The van der Waals surface area contributed by atoms with Crippen molar-refractivity contribution in [3.8, 4) is 5.88 Å². The third-order valence-corrected chi connectivity index (χ3v) is 4.74. The molecule has 1 amide bonds. The maximum absolute atomic E-state index is 14.0. The summed E-state index contributed by atoms with van der Waals surface area (Å²) in [6, 6.07) is 7.38. The highest BCUT2D eigenvalue weighted by Gasteiger charge is 2.21. The molecule has 1 fully saturated rings.